The van der Waals surface area contributed by atoms with Gasteiger partial charge in [-0.1, -0.05) is 206 Å². The molecule has 0 fully saturated rings. The van der Waals surface area contributed by atoms with Crippen LogP contribution in [0.25, 0.3) is 22.3 Å². The highest BCUT2D eigenvalue weighted by Gasteiger charge is 2.35. The summed E-state index contributed by atoms with van der Waals surface area (Å²) in [5, 5.41) is 7.86. The van der Waals surface area contributed by atoms with E-state index in [9.17, 15) is 0 Å². The van der Waals surface area contributed by atoms with Gasteiger partial charge in [0.1, 0.15) is 23.7 Å². The average Bonchev–Trinajstić information content (AvgIpc) is 3.44. The summed E-state index contributed by atoms with van der Waals surface area (Å²) >= 11 is 0. The average molecular weight is 801 g/mol. The van der Waals surface area contributed by atoms with Gasteiger partial charge in [-0.15, -0.1) is 0 Å². The first-order valence-electron chi connectivity index (χ1n) is 20.8. The third-order valence-corrected chi connectivity index (χ3v) is 16.7. The number of ether oxygens (including phenoxy) is 2. The van der Waals surface area contributed by atoms with Crippen LogP contribution in [0.15, 0.2) is 206 Å². The van der Waals surface area contributed by atoms with E-state index in [1.165, 1.54) is 65.2 Å². The van der Waals surface area contributed by atoms with Crippen LogP contribution < -0.4 is 41.3 Å². The zero-order valence-corrected chi connectivity index (χ0v) is 34.8. The lowest BCUT2D eigenvalue weighted by Crippen LogP contribution is -2.31. The van der Waals surface area contributed by atoms with Gasteiger partial charge in [0.15, 0.2) is 0 Å². The number of benzene rings is 8. The van der Waals surface area contributed by atoms with Crippen molar-refractivity contribution in [2.75, 3.05) is 0 Å². The Kier molecular flexibility index (Phi) is 10.9. The highest BCUT2D eigenvalue weighted by Crippen LogP contribution is 2.47. The molecule has 8 aromatic carbocycles. The molecule has 4 heteroatoms. The minimum absolute atomic E-state index is 0.0313. The monoisotopic (exact) mass is 800 g/mol. The van der Waals surface area contributed by atoms with Crippen LogP contribution in [0.2, 0.25) is 0 Å². The Balaban J connectivity index is 1.18. The lowest BCUT2D eigenvalue weighted by atomic mass is 9.98. The molecule has 8 aromatic rings. The minimum atomic E-state index is -0.970. The maximum Gasteiger partial charge on any atom is 0.132 e. The maximum atomic E-state index is 7.66. The van der Waals surface area contributed by atoms with E-state index < -0.39 is 15.8 Å². The van der Waals surface area contributed by atoms with E-state index in [0.29, 0.717) is 0 Å². The molecule has 288 valence electrons. The normalized spacial score (nSPS) is 16.0. The number of rotatable bonds is 8. The summed E-state index contributed by atoms with van der Waals surface area (Å²) in [5.41, 5.74) is 7.36. The summed E-state index contributed by atoms with van der Waals surface area (Å²) in [5.74, 6) is 2.09. The van der Waals surface area contributed by atoms with E-state index in [1.54, 1.807) is 0 Å². The zero-order chi connectivity index (χ0) is 39.4. The number of hydrogen-bond donors (Lipinski definition) is 0. The largest absolute Gasteiger partial charge is 0.489 e. The van der Waals surface area contributed by atoms with Gasteiger partial charge in [-0.25, -0.2) is 0 Å². The van der Waals surface area contributed by atoms with Crippen LogP contribution in [0.4, 0.5) is 0 Å². The molecule has 0 spiro atoms. The van der Waals surface area contributed by atoms with Crippen LogP contribution in [0.5, 0.6) is 11.5 Å². The fourth-order valence-corrected chi connectivity index (χ4v) is 14.1. The van der Waals surface area contributed by atoms with Crippen molar-refractivity contribution in [3.8, 4) is 33.8 Å². The molecule has 0 aliphatic carbocycles. The van der Waals surface area contributed by atoms with Gasteiger partial charge in [-0.3, -0.25) is 0 Å². The Hall–Kier alpha value is -5.78. The predicted octanol–water partition coefficient (Wildman–Crippen LogP) is 11.0. The van der Waals surface area contributed by atoms with Crippen molar-refractivity contribution in [3.05, 3.63) is 217 Å². The molecule has 0 saturated heterocycles. The maximum absolute atomic E-state index is 7.66. The second kappa shape index (κ2) is 17.2. The summed E-state index contributed by atoms with van der Waals surface area (Å²) in [4.78, 5) is 0. The first-order chi connectivity index (χ1) is 29.3. The van der Waals surface area contributed by atoms with Crippen molar-refractivity contribution < 1.29 is 9.47 Å². The molecular weight excluding hydrogens is 755 g/mol. The van der Waals surface area contributed by atoms with Gasteiger partial charge in [0, 0.05) is 23.5 Å². The molecule has 2 heterocycles. The van der Waals surface area contributed by atoms with Crippen LogP contribution in [-0.4, -0.2) is 12.2 Å². The molecular formula is C55H46O2P2. The fraction of sp³-hybridized carbons (Fsp3) is 0.127. The van der Waals surface area contributed by atoms with Crippen molar-refractivity contribution in [1.29, 1.82) is 0 Å². The standard InChI is InChI=1S/C55H46O2P2/c1-7-20-40(21-8-1)50-36-34-42-38-45-25-19-24-44(56-52(42)54(50)58(46-26-11-3-12-27-46)47-28-13-4-14-29-47)39-43-35-37-51(41-22-9-2-10-23-41)55(53(43)57-45)59(48-30-15-5-16-31-48)49-32-17-6-18-33-49/h1-18,20-23,26-37,44-45H,19,24-25,38-39H2. The van der Waals surface area contributed by atoms with Crippen molar-refractivity contribution in [1.82, 2.24) is 0 Å². The van der Waals surface area contributed by atoms with Gasteiger partial charge >= 0.3 is 0 Å². The smallest absolute Gasteiger partial charge is 0.132 e. The van der Waals surface area contributed by atoms with Crippen molar-refractivity contribution >= 4 is 47.7 Å². The predicted molar refractivity (Wildman–Crippen MR) is 251 cm³/mol. The molecule has 10 rings (SSSR count). The van der Waals surface area contributed by atoms with Gasteiger partial charge < -0.3 is 9.47 Å². The van der Waals surface area contributed by atoms with Crippen LogP contribution >= 0.6 is 15.8 Å². The Labute approximate surface area is 351 Å². The second-order valence-corrected chi connectivity index (χ2v) is 19.8. The molecule has 59 heavy (non-hydrogen) atoms. The molecule has 2 bridgehead atoms. The molecule has 0 radical (unpaired) electrons. The molecule has 2 aliphatic heterocycles. The Morgan fingerprint density at radius 3 is 0.966 bits per heavy atom. The first kappa shape index (κ1) is 37.5. The number of hydrogen-bond acceptors (Lipinski definition) is 2. The van der Waals surface area contributed by atoms with Crippen LogP contribution in [-0.2, 0) is 12.8 Å². The molecule has 2 unspecified atom stereocenters. The summed E-state index contributed by atoms with van der Waals surface area (Å²) in [6, 6.07) is 75.5. The summed E-state index contributed by atoms with van der Waals surface area (Å²) in [6.07, 6.45) is 4.43. The van der Waals surface area contributed by atoms with Crippen LogP contribution in [0.3, 0.4) is 0 Å². The summed E-state index contributed by atoms with van der Waals surface area (Å²) in [7, 11) is -1.94. The minimum Gasteiger partial charge on any atom is -0.489 e. The topological polar surface area (TPSA) is 18.5 Å². The second-order valence-electron chi connectivity index (χ2n) is 15.5. The molecule has 0 amide bonds. The van der Waals surface area contributed by atoms with Gasteiger partial charge in [0.25, 0.3) is 0 Å². The Bertz CT molecular complexity index is 2370. The van der Waals surface area contributed by atoms with E-state index >= 15 is 0 Å². The van der Waals surface area contributed by atoms with Crippen LogP contribution in [0, 0.1) is 0 Å². The lowest BCUT2D eigenvalue weighted by molar-refractivity contribution is 0.189. The van der Waals surface area contributed by atoms with Crippen molar-refractivity contribution in [2.45, 2.75) is 44.3 Å². The molecule has 0 N–H and O–H groups in total. The van der Waals surface area contributed by atoms with E-state index in [4.69, 9.17) is 9.47 Å². The van der Waals surface area contributed by atoms with Gasteiger partial charge in [-0.05, 0) is 89.7 Å². The van der Waals surface area contributed by atoms with Crippen LogP contribution in [0.1, 0.15) is 30.4 Å². The SMILES string of the molecule is c1ccc(-c2ccc3c(c2P(c2ccccc2)c2ccccc2)OC2CCCC(C3)Oc3c(ccc(-c4ccccc4)c3P(c3ccccc3)c3ccccc3)C2)cc1. The molecule has 0 saturated carbocycles. The fourth-order valence-electron chi connectivity index (χ4n) is 8.88. The Morgan fingerprint density at radius 2 is 0.644 bits per heavy atom. The molecule has 2 nitrogen and oxygen atoms in total. The zero-order valence-electron chi connectivity index (χ0n) is 33.0. The van der Waals surface area contributed by atoms with Gasteiger partial charge in [0.2, 0.25) is 0 Å². The van der Waals surface area contributed by atoms with Gasteiger partial charge in [0.05, 0.1) is 0 Å². The summed E-state index contributed by atoms with van der Waals surface area (Å²) in [6.45, 7) is 0. The number of fused-ring (bicyclic) bond motifs is 6. The third kappa shape index (κ3) is 7.77. The van der Waals surface area contributed by atoms with Crippen molar-refractivity contribution in [2.24, 2.45) is 0 Å². The van der Waals surface area contributed by atoms with E-state index in [1.807, 2.05) is 0 Å². The summed E-state index contributed by atoms with van der Waals surface area (Å²) < 4.78 is 15.3. The highest BCUT2D eigenvalue weighted by molar-refractivity contribution is 7.80. The lowest BCUT2D eigenvalue weighted by Gasteiger charge is -2.32. The van der Waals surface area contributed by atoms with E-state index in [2.05, 4.69) is 206 Å². The van der Waals surface area contributed by atoms with E-state index in [-0.39, 0.29) is 12.2 Å². The third-order valence-electron chi connectivity index (χ3n) is 11.6. The molecule has 2 aliphatic rings. The van der Waals surface area contributed by atoms with E-state index in [0.717, 1.165) is 43.6 Å². The quantitative estimate of drug-likeness (QED) is 0.143. The highest BCUT2D eigenvalue weighted by atomic mass is 31.1. The molecule has 0 aromatic heterocycles. The first-order valence-corrected chi connectivity index (χ1v) is 23.5. The van der Waals surface area contributed by atoms with Gasteiger partial charge in [-0.2, -0.15) is 0 Å². The Morgan fingerprint density at radius 1 is 0.339 bits per heavy atom. The molecule has 2 atom stereocenters. The van der Waals surface area contributed by atoms with Crippen molar-refractivity contribution in [3.63, 3.8) is 0 Å².